The van der Waals surface area contributed by atoms with Crippen molar-refractivity contribution in [2.45, 2.75) is 101 Å². The molecule has 2 fully saturated rings. The van der Waals surface area contributed by atoms with Gasteiger partial charge >= 0.3 is 12.1 Å². The van der Waals surface area contributed by atoms with E-state index in [1.807, 2.05) is 24.3 Å². The zero-order valence-electron chi connectivity index (χ0n) is 25.7. The van der Waals surface area contributed by atoms with Gasteiger partial charge in [-0.1, -0.05) is 48.7 Å². The predicted molar refractivity (Wildman–Crippen MR) is 171 cm³/mol. The highest BCUT2D eigenvalue weighted by Crippen LogP contribution is 2.45. The Labute approximate surface area is 273 Å². The number of ether oxygens (including phenoxy) is 2. The summed E-state index contributed by atoms with van der Waals surface area (Å²) in [6.07, 6.45) is 10.7. The van der Waals surface area contributed by atoms with Gasteiger partial charge in [-0.3, -0.25) is 9.59 Å². The van der Waals surface area contributed by atoms with Crippen molar-refractivity contribution >= 4 is 35.5 Å². The van der Waals surface area contributed by atoms with Crippen LogP contribution in [-0.4, -0.2) is 57.6 Å². The maximum atomic E-state index is 14.3. The highest BCUT2D eigenvalue weighted by molar-refractivity contribution is 6.30. The molecule has 0 aromatic heterocycles. The first-order chi connectivity index (χ1) is 22.2. The van der Waals surface area contributed by atoms with E-state index in [1.165, 1.54) is 4.90 Å². The monoisotopic (exact) mass is 649 g/mol. The number of nitrogens with one attached hydrogen (secondary N) is 2. The Morgan fingerprint density at radius 2 is 1.76 bits per heavy atom. The van der Waals surface area contributed by atoms with Gasteiger partial charge in [-0.2, -0.15) is 0 Å². The molecule has 1 unspecified atom stereocenters. The maximum absolute atomic E-state index is 14.3. The lowest BCUT2D eigenvalue weighted by Crippen LogP contribution is -2.60. The van der Waals surface area contributed by atoms with E-state index in [0.717, 1.165) is 56.1 Å². The van der Waals surface area contributed by atoms with E-state index >= 15 is 0 Å². The number of halogens is 1. The molecule has 11 heteroatoms. The van der Waals surface area contributed by atoms with Crippen LogP contribution >= 0.6 is 11.6 Å². The number of allylic oxidation sites excluding steroid dienone is 1. The number of carboxylic acid groups (broad SMARTS) is 1. The fraction of sp³-hybridized carbons (Fsp3) is 0.486. The molecule has 0 radical (unpaired) electrons. The van der Waals surface area contributed by atoms with Crippen LogP contribution in [0.15, 0.2) is 54.6 Å². The number of alkyl carbamates (subject to hydrolysis) is 1. The molecule has 3 N–H and O–H groups in total. The van der Waals surface area contributed by atoms with E-state index in [-0.39, 0.29) is 31.4 Å². The van der Waals surface area contributed by atoms with E-state index in [9.17, 15) is 24.3 Å². The molecule has 4 aliphatic rings. The highest BCUT2D eigenvalue weighted by atomic mass is 35.5. The van der Waals surface area contributed by atoms with Gasteiger partial charge in [-0.25, -0.2) is 9.59 Å². The van der Waals surface area contributed by atoms with Crippen LogP contribution in [0.25, 0.3) is 0 Å². The van der Waals surface area contributed by atoms with E-state index < -0.39 is 41.5 Å². The Kier molecular flexibility index (Phi) is 9.54. The molecule has 6 rings (SSSR count). The van der Waals surface area contributed by atoms with Crippen molar-refractivity contribution in [1.29, 1.82) is 0 Å². The van der Waals surface area contributed by atoms with Gasteiger partial charge in [0.05, 0.1) is 0 Å². The summed E-state index contributed by atoms with van der Waals surface area (Å²) in [5.41, 5.74) is 0.230. The average molecular weight is 650 g/mol. The largest absolute Gasteiger partial charge is 0.479 e. The number of carbonyl (C=O) groups is 4. The zero-order valence-corrected chi connectivity index (χ0v) is 26.5. The Hall–Kier alpha value is -4.05. The fourth-order valence-corrected chi connectivity index (χ4v) is 7.04. The van der Waals surface area contributed by atoms with Crippen molar-refractivity contribution < 1.29 is 33.8 Å². The first-order valence-corrected chi connectivity index (χ1v) is 16.6. The number of carbonyl (C=O) groups excluding carboxylic acids is 3. The third-order valence-corrected chi connectivity index (χ3v) is 9.80. The number of fused-ring (bicyclic) bond motifs is 3. The van der Waals surface area contributed by atoms with Crippen molar-refractivity contribution in [3.05, 3.63) is 70.8 Å². The molecule has 2 aliphatic heterocycles. The quantitative estimate of drug-likeness (QED) is 0.343. The lowest BCUT2D eigenvalue weighted by atomic mass is 9.91. The summed E-state index contributed by atoms with van der Waals surface area (Å²) in [6, 6.07) is 10.6. The SMILES string of the molecule is O=C(N[C@H]1CCCCCC=C[C@@H]2C[C@@]2(C(=O)O)NC(=O)C2Cc3cc(Oc4cccc(Cl)c4)ccc3CN2C1=O)OC1CCCC1. The Bertz CT molecular complexity index is 1520. The van der Waals surface area contributed by atoms with Crippen molar-refractivity contribution in [2.75, 3.05) is 0 Å². The molecule has 2 aromatic rings. The van der Waals surface area contributed by atoms with Gasteiger partial charge in [0.15, 0.2) is 0 Å². The molecule has 2 aromatic carbocycles. The maximum Gasteiger partial charge on any atom is 0.408 e. The first-order valence-electron chi connectivity index (χ1n) is 16.3. The van der Waals surface area contributed by atoms with Crippen LogP contribution in [0.4, 0.5) is 4.79 Å². The standard InChI is InChI=1S/C35H40ClN3O7/c36-25-10-8-13-27(19-25)45-28-16-15-22-21-39-30(18-23(22)17-28)31(40)38-35(33(42)43)20-24(35)9-4-2-1-3-5-14-29(32(39)41)37-34(44)46-26-11-6-7-12-26/h4,8-10,13,15-17,19,24,26,29-30H,1-3,5-7,11-12,14,18,20-21H2,(H,37,44)(H,38,40)(H,42,43)/t24-,29+,30?,35-/m1/s1. The molecule has 2 heterocycles. The minimum Gasteiger partial charge on any atom is -0.479 e. The van der Waals surface area contributed by atoms with Crippen molar-refractivity contribution in [2.24, 2.45) is 5.92 Å². The molecule has 3 amide bonds. The molecular formula is C35H40ClN3O7. The predicted octanol–water partition coefficient (Wildman–Crippen LogP) is 5.90. The van der Waals surface area contributed by atoms with Crippen LogP contribution in [0.1, 0.15) is 75.3 Å². The number of hydrogen-bond donors (Lipinski definition) is 3. The number of carboxylic acids is 1. The second kappa shape index (κ2) is 13.7. The van der Waals surface area contributed by atoms with Gasteiger partial charge in [0.1, 0.15) is 35.2 Å². The molecule has 0 saturated heterocycles. The molecule has 10 nitrogen and oxygen atoms in total. The molecule has 2 saturated carbocycles. The van der Waals surface area contributed by atoms with Crippen molar-refractivity contribution in [3.8, 4) is 11.5 Å². The third kappa shape index (κ3) is 7.17. The van der Waals surface area contributed by atoms with Crippen molar-refractivity contribution in [3.63, 3.8) is 0 Å². The summed E-state index contributed by atoms with van der Waals surface area (Å²) < 4.78 is 11.7. The molecule has 4 atom stereocenters. The minimum atomic E-state index is -1.41. The third-order valence-electron chi connectivity index (χ3n) is 9.57. The number of aliphatic carboxylic acids is 1. The zero-order chi connectivity index (χ0) is 32.3. The van der Waals surface area contributed by atoms with E-state index in [2.05, 4.69) is 10.6 Å². The lowest BCUT2D eigenvalue weighted by molar-refractivity contribution is -0.147. The van der Waals surface area contributed by atoms with Crippen LogP contribution < -0.4 is 15.4 Å². The minimum absolute atomic E-state index is 0.114. The Morgan fingerprint density at radius 3 is 2.54 bits per heavy atom. The van der Waals surface area contributed by atoms with Crippen LogP contribution in [0, 0.1) is 5.92 Å². The van der Waals surface area contributed by atoms with Gasteiger partial charge < -0.3 is 30.1 Å². The van der Waals surface area contributed by atoms with Crippen molar-refractivity contribution in [1.82, 2.24) is 15.5 Å². The number of amides is 3. The topological polar surface area (TPSA) is 134 Å². The average Bonchev–Trinajstić information content (AvgIpc) is 3.48. The summed E-state index contributed by atoms with van der Waals surface area (Å²) in [4.78, 5) is 55.2. The summed E-state index contributed by atoms with van der Waals surface area (Å²) in [5.74, 6) is -1.25. The number of rotatable bonds is 5. The summed E-state index contributed by atoms with van der Waals surface area (Å²) in [6.45, 7) is 0.114. The van der Waals surface area contributed by atoms with Gasteiger partial charge in [-0.15, -0.1) is 0 Å². The summed E-state index contributed by atoms with van der Waals surface area (Å²) >= 11 is 6.13. The Morgan fingerprint density at radius 1 is 0.978 bits per heavy atom. The van der Waals surface area contributed by atoms with Gasteiger partial charge in [-0.05, 0) is 92.8 Å². The molecule has 0 bridgehead atoms. The number of nitrogens with zero attached hydrogens (tertiary/aromatic N) is 1. The molecule has 2 aliphatic carbocycles. The molecule has 0 spiro atoms. The van der Waals surface area contributed by atoms with Gasteiger partial charge in [0, 0.05) is 23.9 Å². The Balaban J connectivity index is 1.29. The summed E-state index contributed by atoms with van der Waals surface area (Å²) in [7, 11) is 0. The molecule has 46 heavy (non-hydrogen) atoms. The molecular weight excluding hydrogens is 610 g/mol. The lowest BCUT2D eigenvalue weighted by Gasteiger charge is -2.38. The first kappa shape index (κ1) is 31.9. The summed E-state index contributed by atoms with van der Waals surface area (Å²) in [5, 5.41) is 16.3. The number of hydrogen-bond acceptors (Lipinski definition) is 6. The van der Waals surface area contributed by atoms with Crippen LogP contribution in [0.2, 0.25) is 5.02 Å². The van der Waals surface area contributed by atoms with E-state index in [1.54, 1.807) is 30.3 Å². The number of benzene rings is 2. The second-order valence-corrected chi connectivity index (χ2v) is 13.3. The van der Waals surface area contributed by atoms with Crippen LogP contribution in [-0.2, 0) is 32.1 Å². The van der Waals surface area contributed by atoms with Crippen LogP contribution in [0.3, 0.4) is 0 Å². The van der Waals surface area contributed by atoms with Gasteiger partial charge in [0.2, 0.25) is 11.8 Å². The highest BCUT2D eigenvalue weighted by Gasteiger charge is 2.61. The molecule has 244 valence electrons. The second-order valence-electron chi connectivity index (χ2n) is 12.8. The normalized spacial score (nSPS) is 26.8. The van der Waals surface area contributed by atoms with Gasteiger partial charge in [0.25, 0.3) is 0 Å². The van der Waals surface area contributed by atoms with E-state index in [4.69, 9.17) is 21.1 Å². The smallest absolute Gasteiger partial charge is 0.408 e. The van der Waals surface area contributed by atoms with E-state index in [0.29, 0.717) is 29.4 Å². The van der Waals surface area contributed by atoms with Crippen LogP contribution in [0.5, 0.6) is 11.5 Å². The fourth-order valence-electron chi connectivity index (χ4n) is 6.86.